The van der Waals surface area contributed by atoms with Gasteiger partial charge in [-0.05, 0) is 38.7 Å². The number of benzene rings is 1. The Balaban J connectivity index is 1.94. The first kappa shape index (κ1) is 13.1. The van der Waals surface area contributed by atoms with Gasteiger partial charge in [0.1, 0.15) is 5.75 Å². The first-order valence-corrected chi connectivity index (χ1v) is 7.17. The smallest absolute Gasteiger partial charge is 0.262 e. The summed E-state index contributed by atoms with van der Waals surface area (Å²) in [5, 5.41) is 2.84. The number of rotatable bonds is 4. The molecule has 0 bridgehead atoms. The lowest BCUT2D eigenvalue weighted by Gasteiger charge is -2.31. The molecule has 2 aliphatic rings. The molecule has 1 aromatic rings. The van der Waals surface area contributed by atoms with E-state index < -0.39 is 0 Å². The number of nitrogens with one attached hydrogen (secondary N) is 1. The van der Waals surface area contributed by atoms with Crippen LogP contribution in [0.15, 0.2) is 12.1 Å². The van der Waals surface area contributed by atoms with Gasteiger partial charge in [0.2, 0.25) is 0 Å². The number of nitrogen functional groups attached to an aromatic ring is 1. The molecule has 20 heavy (non-hydrogen) atoms. The average molecular weight is 275 g/mol. The van der Waals surface area contributed by atoms with Gasteiger partial charge in [0.05, 0.1) is 17.1 Å². The van der Waals surface area contributed by atoms with Crippen molar-refractivity contribution in [1.29, 1.82) is 0 Å². The van der Waals surface area contributed by atoms with Crippen LogP contribution in [0.2, 0.25) is 0 Å². The molecule has 108 valence electrons. The van der Waals surface area contributed by atoms with Crippen molar-refractivity contribution >= 4 is 23.0 Å². The minimum Gasteiger partial charge on any atom is -0.482 e. The van der Waals surface area contributed by atoms with E-state index in [1.165, 1.54) is 12.8 Å². The van der Waals surface area contributed by atoms with E-state index in [-0.39, 0.29) is 12.5 Å². The topological polar surface area (TPSA) is 67.6 Å². The highest BCUT2D eigenvalue weighted by atomic mass is 16.5. The summed E-state index contributed by atoms with van der Waals surface area (Å²) >= 11 is 0. The Hall–Kier alpha value is -1.91. The average Bonchev–Trinajstić information content (AvgIpc) is 3.20. The third-order valence-electron chi connectivity index (χ3n) is 3.85. The largest absolute Gasteiger partial charge is 0.482 e. The highest BCUT2D eigenvalue weighted by Crippen LogP contribution is 2.39. The van der Waals surface area contributed by atoms with Crippen molar-refractivity contribution in [2.45, 2.75) is 32.7 Å². The van der Waals surface area contributed by atoms with Gasteiger partial charge in [-0.2, -0.15) is 0 Å². The van der Waals surface area contributed by atoms with Crippen LogP contribution in [0.4, 0.5) is 17.1 Å². The maximum atomic E-state index is 11.4. The molecule has 0 radical (unpaired) electrons. The number of nitrogens with zero attached hydrogens (tertiary/aromatic N) is 1. The zero-order chi connectivity index (χ0) is 14.3. The van der Waals surface area contributed by atoms with Gasteiger partial charge in [-0.25, -0.2) is 0 Å². The molecule has 3 rings (SSSR count). The number of carbonyl (C=O) groups excluding carboxylic acids is 1. The molecule has 0 aromatic heterocycles. The predicted octanol–water partition coefficient (Wildman–Crippen LogP) is 2.22. The fraction of sp³-hybridized carbons (Fsp3) is 0.533. The highest BCUT2D eigenvalue weighted by Gasteiger charge is 2.28. The van der Waals surface area contributed by atoms with Crippen molar-refractivity contribution in [2.24, 2.45) is 5.92 Å². The number of hydrogen-bond acceptors (Lipinski definition) is 4. The molecule has 0 atom stereocenters. The predicted molar refractivity (Wildman–Crippen MR) is 80.2 cm³/mol. The number of ether oxygens (including phenoxy) is 1. The maximum absolute atomic E-state index is 11.4. The van der Waals surface area contributed by atoms with E-state index in [2.05, 4.69) is 24.1 Å². The lowest BCUT2D eigenvalue weighted by Crippen LogP contribution is -2.34. The molecule has 1 aliphatic heterocycles. The minimum absolute atomic E-state index is 0.0573. The standard InChI is InChI=1S/C15H21N3O2/c1-9(2)18(7-10-3-4-10)13-6-12-14(5-11(13)16)20-8-15(19)17-12/h5-6,9-10H,3-4,7-8,16H2,1-2H3,(H,17,19). The Morgan fingerprint density at radius 1 is 1.45 bits per heavy atom. The van der Waals surface area contributed by atoms with Gasteiger partial charge >= 0.3 is 0 Å². The third kappa shape index (κ3) is 2.53. The van der Waals surface area contributed by atoms with Crippen LogP contribution < -0.4 is 20.7 Å². The lowest BCUT2D eigenvalue weighted by atomic mass is 10.1. The number of fused-ring (bicyclic) bond motifs is 1. The van der Waals surface area contributed by atoms with Crippen LogP contribution in [-0.4, -0.2) is 25.1 Å². The summed E-state index contributed by atoms with van der Waals surface area (Å²) in [6.45, 7) is 5.41. The Morgan fingerprint density at radius 2 is 2.20 bits per heavy atom. The summed E-state index contributed by atoms with van der Waals surface area (Å²) in [6.07, 6.45) is 2.60. The summed E-state index contributed by atoms with van der Waals surface area (Å²) in [6, 6.07) is 4.12. The monoisotopic (exact) mass is 275 g/mol. The van der Waals surface area contributed by atoms with Gasteiger partial charge in [0, 0.05) is 18.7 Å². The van der Waals surface area contributed by atoms with E-state index in [1.54, 1.807) is 0 Å². The van der Waals surface area contributed by atoms with Crippen LogP contribution in [-0.2, 0) is 4.79 Å². The second kappa shape index (κ2) is 4.89. The van der Waals surface area contributed by atoms with E-state index in [4.69, 9.17) is 10.5 Å². The molecule has 0 spiro atoms. The molecule has 1 aromatic carbocycles. The normalized spacial score (nSPS) is 17.4. The number of nitrogens with two attached hydrogens (primary N) is 1. The van der Waals surface area contributed by atoms with Gasteiger partial charge in [-0.1, -0.05) is 0 Å². The molecule has 1 amide bonds. The molecule has 1 saturated carbocycles. The van der Waals surface area contributed by atoms with Gasteiger partial charge in [0.15, 0.2) is 6.61 Å². The second-order valence-corrected chi connectivity index (χ2v) is 5.93. The van der Waals surface area contributed by atoms with Crippen LogP contribution in [0.5, 0.6) is 5.75 Å². The Labute approximate surface area is 119 Å². The van der Waals surface area contributed by atoms with Crippen LogP contribution in [0.3, 0.4) is 0 Å². The van der Waals surface area contributed by atoms with Crippen molar-refractivity contribution in [3.8, 4) is 5.75 Å². The Bertz CT molecular complexity index is 538. The maximum Gasteiger partial charge on any atom is 0.262 e. The summed E-state index contributed by atoms with van der Waals surface area (Å²) < 4.78 is 5.39. The van der Waals surface area contributed by atoms with Crippen LogP contribution in [0, 0.1) is 5.92 Å². The highest BCUT2D eigenvalue weighted by molar-refractivity contribution is 5.97. The summed E-state index contributed by atoms with van der Waals surface area (Å²) in [5.41, 5.74) is 8.58. The molecule has 0 unspecified atom stereocenters. The van der Waals surface area contributed by atoms with E-state index in [0.29, 0.717) is 23.2 Å². The van der Waals surface area contributed by atoms with Crippen molar-refractivity contribution in [2.75, 3.05) is 29.1 Å². The van der Waals surface area contributed by atoms with E-state index in [1.807, 2.05) is 12.1 Å². The van der Waals surface area contributed by atoms with Gasteiger partial charge < -0.3 is 20.7 Å². The van der Waals surface area contributed by atoms with Gasteiger partial charge in [-0.3, -0.25) is 4.79 Å². The van der Waals surface area contributed by atoms with Crippen molar-refractivity contribution in [1.82, 2.24) is 0 Å². The molecule has 5 nitrogen and oxygen atoms in total. The molecule has 0 saturated heterocycles. The molecule has 1 aliphatic carbocycles. The zero-order valence-corrected chi connectivity index (χ0v) is 12.0. The summed E-state index contributed by atoms with van der Waals surface area (Å²) in [5.74, 6) is 1.31. The van der Waals surface area contributed by atoms with Gasteiger partial charge in [-0.15, -0.1) is 0 Å². The third-order valence-corrected chi connectivity index (χ3v) is 3.85. The molecular weight excluding hydrogens is 254 g/mol. The second-order valence-electron chi connectivity index (χ2n) is 5.93. The summed E-state index contributed by atoms with van der Waals surface area (Å²) in [4.78, 5) is 13.7. The lowest BCUT2D eigenvalue weighted by molar-refractivity contribution is -0.118. The molecule has 1 fully saturated rings. The number of amides is 1. The number of carbonyl (C=O) groups is 1. The first-order valence-electron chi connectivity index (χ1n) is 7.17. The Morgan fingerprint density at radius 3 is 2.85 bits per heavy atom. The first-order chi connectivity index (χ1) is 9.54. The number of hydrogen-bond donors (Lipinski definition) is 2. The van der Waals surface area contributed by atoms with E-state index in [9.17, 15) is 4.79 Å². The fourth-order valence-corrected chi connectivity index (χ4v) is 2.55. The fourth-order valence-electron chi connectivity index (χ4n) is 2.55. The zero-order valence-electron chi connectivity index (χ0n) is 12.0. The molecular formula is C15H21N3O2. The van der Waals surface area contributed by atoms with Crippen molar-refractivity contribution in [3.05, 3.63) is 12.1 Å². The van der Waals surface area contributed by atoms with Crippen LogP contribution in [0.1, 0.15) is 26.7 Å². The van der Waals surface area contributed by atoms with E-state index >= 15 is 0 Å². The molecule has 1 heterocycles. The van der Waals surface area contributed by atoms with Crippen LogP contribution in [0.25, 0.3) is 0 Å². The molecule has 3 N–H and O–H groups in total. The SMILES string of the molecule is CC(C)N(CC1CC1)c1cc2c(cc1N)OCC(=O)N2. The van der Waals surface area contributed by atoms with Crippen LogP contribution >= 0.6 is 0 Å². The number of anilines is 3. The summed E-state index contributed by atoms with van der Waals surface area (Å²) in [7, 11) is 0. The molecule has 5 heteroatoms. The quantitative estimate of drug-likeness (QED) is 0.827. The van der Waals surface area contributed by atoms with Crippen molar-refractivity contribution < 1.29 is 9.53 Å². The van der Waals surface area contributed by atoms with E-state index in [0.717, 1.165) is 18.2 Å². The minimum atomic E-state index is -0.119. The van der Waals surface area contributed by atoms with Gasteiger partial charge in [0.25, 0.3) is 5.91 Å². The van der Waals surface area contributed by atoms with Crippen molar-refractivity contribution in [3.63, 3.8) is 0 Å². The Kier molecular flexibility index (Phi) is 3.20.